The molecule has 0 radical (unpaired) electrons. The Labute approximate surface area is 266 Å². The number of carbonyl (C=O) groups excluding carboxylic acids is 1. The summed E-state index contributed by atoms with van der Waals surface area (Å²) < 4.78 is 1.45. The van der Waals surface area contributed by atoms with Gasteiger partial charge in [0, 0.05) is 66.6 Å². The zero-order chi connectivity index (χ0) is 31.5. The molecular formula is C34H36N10O2. The highest BCUT2D eigenvalue weighted by Gasteiger charge is 2.23. The summed E-state index contributed by atoms with van der Waals surface area (Å²) in [6, 6.07) is 13.9. The maximum atomic E-state index is 14.2. The molecule has 2 aliphatic rings. The second-order valence-corrected chi connectivity index (χ2v) is 11.8. The van der Waals surface area contributed by atoms with E-state index in [2.05, 4.69) is 30.9 Å². The number of amides is 1. The van der Waals surface area contributed by atoms with E-state index in [1.807, 2.05) is 43.3 Å². The lowest BCUT2D eigenvalue weighted by Crippen LogP contribution is -2.38. The molecule has 1 aromatic carbocycles. The van der Waals surface area contributed by atoms with Crippen molar-refractivity contribution in [1.29, 1.82) is 0 Å². The molecule has 46 heavy (non-hydrogen) atoms. The molecule has 0 aliphatic carbocycles. The number of likely N-dealkylation sites (tertiary alicyclic amines) is 1. The van der Waals surface area contributed by atoms with Gasteiger partial charge in [-0.15, -0.1) is 0 Å². The van der Waals surface area contributed by atoms with Crippen LogP contribution in [-0.2, 0) is 11.3 Å². The Morgan fingerprint density at radius 1 is 1.00 bits per heavy atom. The van der Waals surface area contributed by atoms with Crippen molar-refractivity contribution in [2.24, 2.45) is 0 Å². The number of carbonyl (C=O) groups is 1. The van der Waals surface area contributed by atoms with Crippen LogP contribution in [0.2, 0.25) is 0 Å². The van der Waals surface area contributed by atoms with Gasteiger partial charge in [-0.3, -0.25) is 24.1 Å². The lowest BCUT2D eigenvalue weighted by atomic mass is 10.1. The van der Waals surface area contributed by atoms with Crippen LogP contribution in [0.1, 0.15) is 31.4 Å². The molecule has 4 aromatic heterocycles. The average molecular weight is 617 g/mol. The Bertz CT molecular complexity index is 1920. The molecular weight excluding hydrogens is 580 g/mol. The Morgan fingerprint density at radius 2 is 1.83 bits per heavy atom. The van der Waals surface area contributed by atoms with Crippen molar-refractivity contribution in [1.82, 2.24) is 39.7 Å². The second kappa shape index (κ2) is 13.0. The van der Waals surface area contributed by atoms with Gasteiger partial charge in [0.2, 0.25) is 11.9 Å². The van der Waals surface area contributed by atoms with Crippen molar-refractivity contribution in [3.05, 3.63) is 83.3 Å². The van der Waals surface area contributed by atoms with E-state index in [0.29, 0.717) is 58.8 Å². The van der Waals surface area contributed by atoms with Crippen LogP contribution in [0.15, 0.2) is 72.0 Å². The van der Waals surface area contributed by atoms with Crippen molar-refractivity contribution in [2.75, 3.05) is 36.8 Å². The van der Waals surface area contributed by atoms with Crippen molar-refractivity contribution in [2.45, 2.75) is 45.2 Å². The fourth-order valence-electron chi connectivity index (χ4n) is 6.08. The van der Waals surface area contributed by atoms with Gasteiger partial charge in [-0.1, -0.05) is 0 Å². The van der Waals surface area contributed by atoms with Crippen LogP contribution in [0.4, 0.5) is 17.3 Å². The molecule has 0 bridgehead atoms. The van der Waals surface area contributed by atoms with Crippen molar-refractivity contribution < 1.29 is 4.79 Å². The van der Waals surface area contributed by atoms with Crippen LogP contribution >= 0.6 is 0 Å². The van der Waals surface area contributed by atoms with Gasteiger partial charge < -0.3 is 20.9 Å². The Balaban J connectivity index is 1.24. The molecule has 12 heteroatoms. The lowest BCUT2D eigenvalue weighted by Gasteiger charge is -2.24. The van der Waals surface area contributed by atoms with Gasteiger partial charge in [0.25, 0.3) is 5.56 Å². The first kappa shape index (κ1) is 29.5. The molecule has 3 N–H and O–H groups in total. The summed E-state index contributed by atoms with van der Waals surface area (Å²) in [4.78, 5) is 52.3. The van der Waals surface area contributed by atoms with Crippen LogP contribution in [-0.4, -0.2) is 72.5 Å². The highest BCUT2D eigenvalue weighted by atomic mass is 16.2. The number of pyridine rings is 2. The number of nitrogens with one attached hydrogen (secondary N) is 3. The molecule has 12 nitrogen and oxygen atoms in total. The minimum Gasteiger partial charge on any atom is -0.381 e. The van der Waals surface area contributed by atoms with Gasteiger partial charge in [0.1, 0.15) is 12.2 Å². The molecule has 0 spiro atoms. The summed E-state index contributed by atoms with van der Waals surface area (Å²) >= 11 is 0. The zero-order valence-corrected chi connectivity index (χ0v) is 25.7. The molecule has 2 aliphatic heterocycles. The molecule has 2 fully saturated rings. The quantitative estimate of drug-likeness (QED) is 0.233. The van der Waals surface area contributed by atoms with E-state index in [9.17, 15) is 9.59 Å². The number of benzene rings is 1. The number of rotatable bonds is 8. The number of aryl methyl sites for hydroxylation is 1. The first-order valence-electron chi connectivity index (χ1n) is 15.8. The van der Waals surface area contributed by atoms with E-state index in [1.165, 1.54) is 4.57 Å². The first-order valence-corrected chi connectivity index (χ1v) is 15.8. The van der Waals surface area contributed by atoms with Crippen LogP contribution in [0.3, 0.4) is 0 Å². The fourth-order valence-corrected chi connectivity index (χ4v) is 6.08. The van der Waals surface area contributed by atoms with Gasteiger partial charge in [0.05, 0.1) is 28.8 Å². The fraction of sp³-hybridized carbons (Fsp3) is 0.324. The number of nitrogens with zero attached hydrogens (tertiary/aromatic N) is 7. The minimum atomic E-state index is -0.363. The molecule has 234 valence electrons. The molecule has 5 aromatic rings. The van der Waals surface area contributed by atoms with E-state index in [4.69, 9.17) is 9.97 Å². The monoisotopic (exact) mass is 616 g/mol. The summed E-state index contributed by atoms with van der Waals surface area (Å²) in [5.41, 5.74) is 4.62. The van der Waals surface area contributed by atoms with Crippen LogP contribution in [0, 0.1) is 6.92 Å². The van der Waals surface area contributed by atoms with E-state index >= 15 is 0 Å². The summed E-state index contributed by atoms with van der Waals surface area (Å²) in [7, 11) is 0. The molecule has 1 atom stereocenters. The summed E-state index contributed by atoms with van der Waals surface area (Å²) in [5, 5.41) is 10.9. The highest BCUT2D eigenvalue weighted by Crippen LogP contribution is 2.26. The van der Waals surface area contributed by atoms with E-state index < -0.39 is 0 Å². The van der Waals surface area contributed by atoms with Gasteiger partial charge in [-0.2, -0.15) is 4.98 Å². The topological polar surface area (TPSA) is 143 Å². The third kappa shape index (κ3) is 6.29. The summed E-state index contributed by atoms with van der Waals surface area (Å²) in [6.07, 6.45) is 11.0. The predicted octanol–water partition coefficient (Wildman–Crippen LogP) is 4.15. The zero-order valence-electron chi connectivity index (χ0n) is 25.7. The third-order valence-corrected chi connectivity index (χ3v) is 8.56. The van der Waals surface area contributed by atoms with Crippen molar-refractivity contribution >= 4 is 34.3 Å². The number of piperidine rings is 1. The highest BCUT2D eigenvalue weighted by molar-refractivity contribution is 5.84. The third-order valence-electron chi connectivity index (χ3n) is 8.56. The molecule has 7 rings (SSSR count). The van der Waals surface area contributed by atoms with Gasteiger partial charge in [0.15, 0.2) is 0 Å². The summed E-state index contributed by atoms with van der Waals surface area (Å²) in [6.45, 7) is 5.08. The standard InChI is InChI=1S/C34H36N10O2/c1-22-31(41-29(20-37-22)23-6-4-12-35-17-23)28-16-24-18-38-34(40-26-10-8-25(9-11-26)39-27-7-5-13-36-19-27)42-32(24)44(33(28)46)21-30(45)43-14-2-3-15-43/h4,6,8-12,16-18,20,27,36,39H,2-3,5,7,13-15,19,21H2,1H3,(H,38,40,42). The smallest absolute Gasteiger partial charge is 0.262 e. The van der Waals surface area contributed by atoms with Gasteiger partial charge in [-0.25, -0.2) is 9.97 Å². The number of hydrogen-bond donors (Lipinski definition) is 3. The molecule has 0 saturated carbocycles. The Hall–Kier alpha value is -5.23. The SMILES string of the molecule is Cc1ncc(-c2cccnc2)nc1-c1cc2cnc(Nc3ccc(NC4CCCNC4)cc3)nc2n(CC(=O)N2CCCC2)c1=O. The van der Waals surface area contributed by atoms with E-state index in [-0.39, 0.29) is 18.0 Å². The van der Waals surface area contributed by atoms with Gasteiger partial charge in [-0.05, 0) is 81.6 Å². The second-order valence-electron chi connectivity index (χ2n) is 11.8. The average Bonchev–Trinajstić information content (AvgIpc) is 3.64. The maximum absolute atomic E-state index is 14.2. The Kier molecular flexibility index (Phi) is 8.34. The molecule has 1 unspecified atom stereocenters. The number of hydrogen-bond acceptors (Lipinski definition) is 10. The maximum Gasteiger partial charge on any atom is 0.262 e. The molecule has 1 amide bonds. The number of aromatic nitrogens is 6. The van der Waals surface area contributed by atoms with Crippen molar-refractivity contribution in [3.8, 4) is 22.5 Å². The molecule has 6 heterocycles. The Morgan fingerprint density at radius 3 is 2.59 bits per heavy atom. The lowest BCUT2D eigenvalue weighted by molar-refractivity contribution is -0.130. The van der Waals surface area contributed by atoms with Gasteiger partial charge >= 0.3 is 0 Å². The largest absolute Gasteiger partial charge is 0.381 e. The van der Waals surface area contributed by atoms with E-state index in [0.717, 1.165) is 55.7 Å². The normalized spacial score (nSPS) is 16.5. The van der Waals surface area contributed by atoms with E-state index in [1.54, 1.807) is 35.8 Å². The number of fused-ring (bicyclic) bond motifs is 1. The van der Waals surface area contributed by atoms with Crippen molar-refractivity contribution in [3.63, 3.8) is 0 Å². The summed E-state index contributed by atoms with van der Waals surface area (Å²) in [5.74, 6) is 0.211. The van der Waals surface area contributed by atoms with Crippen LogP contribution < -0.4 is 21.5 Å². The predicted molar refractivity (Wildman–Crippen MR) is 178 cm³/mol. The number of anilines is 3. The minimum absolute atomic E-state index is 0.116. The van der Waals surface area contributed by atoms with Crippen LogP contribution in [0.5, 0.6) is 0 Å². The van der Waals surface area contributed by atoms with Crippen LogP contribution in [0.25, 0.3) is 33.5 Å². The first-order chi connectivity index (χ1) is 22.5. The molecule has 2 saturated heterocycles.